The summed E-state index contributed by atoms with van der Waals surface area (Å²) in [6.45, 7) is 8.31. The van der Waals surface area contributed by atoms with Gasteiger partial charge in [-0.3, -0.25) is 9.59 Å². The van der Waals surface area contributed by atoms with Crippen molar-refractivity contribution in [3.63, 3.8) is 0 Å². The number of methoxy groups -OCH3 is 1. The van der Waals surface area contributed by atoms with E-state index in [9.17, 15) is 24.9 Å². The van der Waals surface area contributed by atoms with Crippen LogP contribution in [0.2, 0.25) is 0 Å². The third-order valence-corrected chi connectivity index (χ3v) is 7.71. The van der Waals surface area contributed by atoms with Crippen molar-refractivity contribution in [3.05, 3.63) is 23.3 Å². The van der Waals surface area contributed by atoms with Gasteiger partial charge < -0.3 is 24.8 Å². The Morgan fingerprint density at radius 1 is 1.27 bits per heavy atom. The lowest BCUT2D eigenvalue weighted by molar-refractivity contribution is -0.199. The lowest BCUT2D eigenvalue weighted by Crippen LogP contribution is -2.60. The molecule has 0 bridgehead atoms. The first-order valence-corrected chi connectivity index (χ1v) is 10.4. The summed E-state index contributed by atoms with van der Waals surface area (Å²) in [5, 5.41) is 33.4. The minimum absolute atomic E-state index is 0.111. The van der Waals surface area contributed by atoms with E-state index < -0.39 is 46.1 Å². The fourth-order valence-electron chi connectivity index (χ4n) is 6.49. The molecule has 2 fully saturated rings. The van der Waals surface area contributed by atoms with E-state index in [2.05, 4.69) is 0 Å². The molecule has 3 N–H and O–H groups in total. The third kappa shape index (κ3) is 3.09. The number of hydrogen-bond donors (Lipinski definition) is 3. The largest absolute Gasteiger partial charge is 0.456 e. The summed E-state index contributed by atoms with van der Waals surface area (Å²) in [5.74, 6) is -1.99. The Kier molecular flexibility index (Phi) is 5.60. The molecular weight excluding hydrogens is 388 g/mol. The summed E-state index contributed by atoms with van der Waals surface area (Å²) in [4.78, 5) is 23.4. The monoisotopic (exact) mass is 422 g/mol. The maximum atomic E-state index is 12.1. The van der Waals surface area contributed by atoms with Crippen molar-refractivity contribution >= 4 is 12.3 Å². The van der Waals surface area contributed by atoms with Gasteiger partial charge >= 0.3 is 5.97 Å². The zero-order valence-electron chi connectivity index (χ0n) is 18.6. The molecule has 0 amide bonds. The van der Waals surface area contributed by atoms with Crippen molar-refractivity contribution in [1.29, 1.82) is 0 Å². The van der Waals surface area contributed by atoms with E-state index in [1.165, 1.54) is 14.0 Å². The number of carbonyl (C=O) groups excluding carboxylic acids is 2. The number of ether oxygens (including phenoxy) is 2. The van der Waals surface area contributed by atoms with Crippen molar-refractivity contribution in [2.75, 3.05) is 13.7 Å². The standard InChI is InChI=1S/C23H34O7/c1-13(11-24)7-17-21(5,27)9-15(12-25)8-16-19-20(3,4)23(19,30-14(2)26)18(29-6)10-22(16,17)28/h7-8,11,16-19,25,27-28H,9-10,12H2,1-6H3/b13-7-/t16-,17+,18+,19+,21+,22+,23-/m0/s1. The predicted octanol–water partition coefficient (Wildman–Crippen LogP) is 1.55. The van der Waals surface area contributed by atoms with Gasteiger partial charge in [-0.15, -0.1) is 0 Å². The first-order valence-electron chi connectivity index (χ1n) is 10.4. The molecule has 0 aromatic rings. The van der Waals surface area contributed by atoms with E-state index in [1.54, 1.807) is 19.9 Å². The first-order chi connectivity index (χ1) is 13.8. The van der Waals surface area contributed by atoms with Gasteiger partial charge in [-0.1, -0.05) is 26.0 Å². The van der Waals surface area contributed by atoms with Gasteiger partial charge in [0.1, 0.15) is 18.0 Å². The molecule has 3 aliphatic carbocycles. The Bertz CT molecular complexity index is 795. The summed E-state index contributed by atoms with van der Waals surface area (Å²) in [6.07, 6.45) is 3.83. The van der Waals surface area contributed by atoms with Crippen LogP contribution in [0, 0.1) is 23.2 Å². The van der Waals surface area contributed by atoms with Crippen molar-refractivity contribution in [2.45, 2.75) is 70.4 Å². The van der Waals surface area contributed by atoms with Gasteiger partial charge in [0.15, 0.2) is 0 Å². The molecule has 0 heterocycles. The number of aliphatic hydroxyl groups excluding tert-OH is 1. The number of aldehydes is 1. The lowest BCUT2D eigenvalue weighted by atomic mass is 9.62. The van der Waals surface area contributed by atoms with Gasteiger partial charge in [-0.05, 0) is 31.4 Å². The van der Waals surface area contributed by atoms with E-state index in [0.29, 0.717) is 17.4 Å². The van der Waals surface area contributed by atoms with Crippen LogP contribution in [-0.4, -0.2) is 64.2 Å². The van der Waals surface area contributed by atoms with Gasteiger partial charge in [0, 0.05) is 43.6 Å². The molecule has 0 unspecified atom stereocenters. The second-order valence-electron chi connectivity index (χ2n) is 10.1. The molecule has 0 aromatic heterocycles. The highest BCUT2D eigenvalue weighted by molar-refractivity contribution is 5.72. The van der Waals surface area contributed by atoms with Crippen molar-refractivity contribution in [3.8, 4) is 0 Å². The molecule has 168 valence electrons. The number of allylic oxidation sites excluding steroid dienone is 1. The third-order valence-electron chi connectivity index (χ3n) is 7.71. The molecule has 7 heteroatoms. The smallest absolute Gasteiger partial charge is 0.303 e. The predicted molar refractivity (Wildman–Crippen MR) is 109 cm³/mol. The Balaban J connectivity index is 2.23. The minimum atomic E-state index is -1.46. The molecule has 0 saturated heterocycles. The highest BCUT2D eigenvalue weighted by atomic mass is 16.6. The van der Waals surface area contributed by atoms with Crippen LogP contribution in [-0.2, 0) is 19.1 Å². The number of carbonyl (C=O) groups is 2. The molecule has 0 radical (unpaired) electrons. The first kappa shape index (κ1) is 23.1. The Morgan fingerprint density at radius 2 is 1.90 bits per heavy atom. The van der Waals surface area contributed by atoms with Crippen molar-refractivity contribution in [1.82, 2.24) is 0 Å². The van der Waals surface area contributed by atoms with Gasteiger partial charge in [0.05, 0.1) is 17.8 Å². The van der Waals surface area contributed by atoms with E-state index in [4.69, 9.17) is 9.47 Å². The molecule has 0 spiro atoms. The highest BCUT2D eigenvalue weighted by Gasteiger charge is 2.84. The minimum Gasteiger partial charge on any atom is -0.456 e. The van der Waals surface area contributed by atoms with E-state index in [-0.39, 0.29) is 25.4 Å². The van der Waals surface area contributed by atoms with E-state index >= 15 is 0 Å². The zero-order valence-corrected chi connectivity index (χ0v) is 18.6. The number of hydrogen-bond acceptors (Lipinski definition) is 7. The Morgan fingerprint density at radius 3 is 2.40 bits per heavy atom. The van der Waals surface area contributed by atoms with Crippen LogP contribution in [0.5, 0.6) is 0 Å². The normalized spacial score (nSPS) is 44.8. The Labute approximate surface area is 177 Å². The number of fused-ring (bicyclic) bond motifs is 3. The van der Waals surface area contributed by atoms with Crippen molar-refractivity contribution in [2.24, 2.45) is 23.2 Å². The van der Waals surface area contributed by atoms with E-state index in [0.717, 1.165) is 0 Å². The summed E-state index contributed by atoms with van der Waals surface area (Å²) in [6, 6.07) is 0. The van der Waals surface area contributed by atoms with Crippen LogP contribution in [0.15, 0.2) is 23.3 Å². The Hall–Kier alpha value is -1.54. The topological polar surface area (TPSA) is 113 Å². The molecule has 0 aromatic carbocycles. The second-order valence-corrected chi connectivity index (χ2v) is 10.1. The number of aliphatic hydroxyl groups is 3. The van der Waals surface area contributed by atoms with Crippen LogP contribution in [0.1, 0.15) is 47.5 Å². The quantitative estimate of drug-likeness (QED) is 0.267. The molecule has 30 heavy (non-hydrogen) atoms. The molecule has 7 nitrogen and oxygen atoms in total. The summed E-state index contributed by atoms with van der Waals surface area (Å²) in [7, 11) is 1.52. The number of rotatable bonds is 5. The van der Waals surface area contributed by atoms with Gasteiger partial charge in [0.25, 0.3) is 0 Å². The fourth-order valence-corrected chi connectivity index (χ4v) is 6.49. The lowest BCUT2D eigenvalue weighted by Gasteiger charge is -2.50. The van der Waals surface area contributed by atoms with Crippen LogP contribution in [0.3, 0.4) is 0 Å². The van der Waals surface area contributed by atoms with Crippen LogP contribution < -0.4 is 0 Å². The maximum Gasteiger partial charge on any atom is 0.303 e. The highest BCUT2D eigenvalue weighted by Crippen LogP contribution is 2.75. The molecule has 0 aliphatic heterocycles. The molecule has 3 rings (SSSR count). The average molecular weight is 423 g/mol. The van der Waals surface area contributed by atoms with Gasteiger partial charge in [-0.2, -0.15) is 0 Å². The van der Waals surface area contributed by atoms with Gasteiger partial charge in [0.2, 0.25) is 0 Å². The molecular formula is C23H34O7. The maximum absolute atomic E-state index is 12.1. The molecule has 3 aliphatic rings. The van der Waals surface area contributed by atoms with Crippen LogP contribution in [0.25, 0.3) is 0 Å². The van der Waals surface area contributed by atoms with Gasteiger partial charge in [-0.25, -0.2) is 0 Å². The average Bonchev–Trinajstić information content (AvgIpc) is 3.16. The zero-order chi connectivity index (χ0) is 22.7. The van der Waals surface area contributed by atoms with Crippen molar-refractivity contribution < 1.29 is 34.4 Å². The van der Waals surface area contributed by atoms with Crippen LogP contribution >= 0.6 is 0 Å². The SMILES string of the molecule is CO[C@@H]1C[C@@]2(O)[C@@H](C=C(CO)C[C@@](C)(O)[C@H]2/C=C(/C)C=O)[C@@H]2C(C)(C)[C@@]21OC(C)=O. The fraction of sp³-hybridized carbons (Fsp3) is 0.739. The van der Waals surface area contributed by atoms with E-state index in [1.807, 2.05) is 19.9 Å². The number of esters is 1. The second kappa shape index (κ2) is 7.26. The van der Waals surface area contributed by atoms with Crippen LogP contribution in [0.4, 0.5) is 0 Å². The summed E-state index contributed by atoms with van der Waals surface area (Å²) < 4.78 is 11.6. The summed E-state index contributed by atoms with van der Waals surface area (Å²) in [5.41, 5.74) is -3.25. The molecule has 2 saturated carbocycles. The summed E-state index contributed by atoms with van der Waals surface area (Å²) >= 11 is 0. The molecule has 7 atom stereocenters.